The topological polar surface area (TPSA) is 94.0 Å². The van der Waals surface area contributed by atoms with Crippen LogP contribution in [0.3, 0.4) is 0 Å². The maximum Gasteiger partial charge on any atom is 0.343 e. The zero-order valence-electron chi connectivity index (χ0n) is 15.9. The highest BCUT2D eigenvalue weighted by Crippen LogP contribution is 2.34. The normalized spacial score (nSPS) is 18.7. The molecule has 7 nitrogen and oxygen atoms in total. The lowest BCUT2D eigenvalue weighted by Gasteiger charge is -2.29. The number of imidazole rings is 1. The Hall–Kier alpha value is -3.40. The van der Waals surface area contributed by atoms with Gasteiger partial charge >= 0.3 is 5.69 Å². The van der Waals surface area contributed by atoms with Crippen LogP contribution >= 0.6 is 0 Å². The molecule has 0 spiro atoms. The number of nitrogens with one attached hydrogen (secondary N) is 1. The van der Waals surface area contributed by atoms with Crippen molar-refractivity contribution >= 4 is 5.65 Å². The summed E-state index contributed by atoms with van der Waals surface area (Å²) in [7, 11) is 1.61. The van der Waals surface area contributed by atoms with Crippen molar-refractivity contribution in [2.24, 2.45) is 12.8 Å². The first-order valence-corrected chi connectivity index (χ1v) is 9.35. The van der Waals surface area contributed by atoms with Crippen molar-refractivity contribution in [2.75, 3.05) is 0 Å². The maximum absolute atomic E-state index is 14.3. The number of fused-ring (bicyclic) bond motifs is 3. The molecule has 0 saturated heterocycles. The van der Waals surface area contributed by atoms with Crippen LogP contribution in [0.5, 0.6) is 0 Å². The Bertz CT molecular complexity index is 1350. The Morgan fingerprint density at radius 1 is 1.13 bits per heavy atom. The number of hydrogen-bond donors (Lipinski definition) is 2. The van der Waals surface area contributed by atoms with E-state index in [-0.39, 0.29) is 11.3 Å². The number of rotatable bonds is 2. The molecule has 10 heteroatoms. The number of aromatic amines is 1. The van der Waals surface area contributed by atoms with E-state index in [0.717, 1.165) is 17.5 Å². The second-order valence-electron chi connectivity index (χ2n) is 7.53. The average Bonchev–Trinajstić information content (AvgIpc) is 3.23. The number of H-pyrrole nitrogens is 1. The smallest absolute Gasteiger partial charge is 0.327 e. The summed E-state index contributed by atoms with van der Waals surface area (Å²) in [6.45, 7) is 0. The molecule has 4 aromatic rings. The fraction of sp³-hybridized carbons (Fsp3) is 0.250. The molecule has 154 valence electrons. The molecule has 0 fully saturated rings. The first-order chi connectivity index (χ1) is 14.3. The van der Waals surface area contributed by atoms with Gasteiger partial charge in [-0.15, -0.1) is 0 Å². The molecule has 0 saturated carbocycles. The van der Waals surface area contributed by atoms with E-state index >= 15 is 0 Å². The van der Waals surface area contributed by atoms with Gasteiger partial charge in [-0.25, -0.2) is 28.0 Å². The molecular weight excluding hydrogens is 397 g/mol. The molecule has 2 atom stereocenters. The quantitative estimate of drug-likeness (QED) is 0.491. The third-order valence-corrected chi connectivity index (χ3v) is 5.74. The van der Waals surface area contributed by atoms with Gasteiger partial charge in [-0.05, 0) is 30.2 Å². The molecule has 0 amide bonds. The van der Waals surface area contributed by atoms with Crippen LogP contribution in [0.25, 0.3) is 17.0 Å². The summed E-state index contributed by atoms with van der Waals surface area (Å²) >= 11 is 0. The molecule has 0 aliphatic heterocycles. The number of benzene rings is 1. The van der Waals surface area contributed by atoms with Gasteiger partial charge in [0, 0.05) is 48.9 Å². The molecule has 2 unspecified atom stereocenters. The highest BCUT2D eigenvalue weighted by molar-refractivity contribution is 5.62. The van der Waals surface area contributed by atoms with Crippen molar-refractivity contribution in [3.63, 3.8) is 0 Å². The van der Waals surface area contributed by atoms with Crippen LogP contribution in [0.2, 0.25) is 0 Å². The van der Waals surface area contributed by atoms with Crippen LogP contribution < -0.4 is 11.4 Å². The maximum atomic E-state index is 14.3. The highest BCUT2D eigenvalue weighted by Gasteiger charge is 2.33. The number of halogens is 3. The summed E-state index contributed by atoms with van der Waals surface area (Å²) in [4.78, 5) is 16.3. The molecule has 1 aliphatic rings. The molecule has 0 bridgehead atoms. The third kappa shape index (κ3) is 2.75. The van der Waals surface area contributed by atoms with Crippen molar-refractivity contribution in [1.82, 2.24) is 24.1 Å². The van der Waals surface area contributed by atoms with Crippen molar-refractivity contribution in [3.05, 3.63) is 75.3 Å². The van der Waals surface area contributed by atoms with Gasteiger partial charge in [0.2, 0.25) is 0 Å². The second-order valence-corrected chi connectivity index (χ2v) is 7.53. The Morgan fingerprint density at radius 2 is 1.90 bits per heavy atom. The summed E-state index contributed by atoms with van der Waals surface area (Å²) in [6.07, 6.45) is 2.52. The fourth-order valence-electron chi connectivity index (χ4n) is 4.16. The van der Waals surface area contributed by atoms with Crippen LogP contribution in [0, 0.1) is 17.5 Å². The number of nitrogens with two attached hydrogens (primary N) is 1. The van der Waals surface area contributed by atoms with Crippen molar-refractivity contribution < 1.29 is 13.2 Å². The van der Waals surface area contributed by atoms with Gasteiger partial charge in [-0.3, -0.25) is 4.57 Å². The lowest BCUT2D eigenvalue weighted by atomic mass is 9.80. The Balaban J connectivity index is 1.57. The number of aromatic nitrogens is 5. The lowest BCUT2D eigenvalue weighted by Crippen LogP contribution is -2.37. The molecular formula is C20H17F3N6O. The monoisotopic (exact) mass is 414 g/mol. The first kappa shape index (κ1) is 18.6. The van der Waals surface area contributed by atoms with Crippen molar-refractivity contribution in [2.45, 2.75) is 24.8 Å². The van der Waals surface area contributed by atoms with Gasteiger partial charge < -0.3 is 10.1 Å². The predicted octanol–water partition coefficient (Wildman–Crippen LogP) is 2.05. The zero-order chi connectivity index (χ0) is 21.2. The van der Waals surface area contributed by atoms with Gasteiger partial charge in [0.05, 0.1) is 5.69 Å². The largest absolute Gasteiger partial charge is 0.343 e. The van der Waals surface area contributed by atoms with Crippen LogP contribution in [-0.2, 0) is 19.9 Å². The van der Waals surface area contributed by atoms with Gasteiger partial charge in [0.25, 0.3) is 0 Å². The number of nitrogens with zero attached hydrogens (tertiary/aromatic N) is 4. The molecule has 30 heavy (non-hydrogen) atoms. The lowest BCUT2D eigenvalue weighted by molar-refractivity contribution is 0.446. The van der Waals surface area contributed by atoms with Crippen LogP contribution in [0.15, 0.2) is 35.3 Å². The molecule has 3 N–H and O–H groups in total. The minimum Gasteiger partial charge on any atom is -0.327 e. The minimum absolute atomic E-state index is 0.0521. The predicted molar refractivity (Wildman–Crippen MR) is 102 cm³/mol. The van der Waals surface area contributed by atoms with Gasteiger partial charge in [0.15, 0.2) is 17.5 Å². The molecule has 1 aliphatic carbocycles. The van der Waals surface area contributed by atoms with E-state index in [4.69, 9.17) is 5.73 Å². The molecule has 0 radical (unpaired) electrons. The van der Waals surface area contributed by atoms with Crippen molar-refractivity contribution in [3.8, 4) is 11.4 Å². The van der Waals surface area contributed by atoms with Crippen molar-refractivity contribution in [1.29, 1.82) is 0 Å². The summed E-state index contributed by atoms with van der Waals surface area (Å²) in [5, 5.41) is 6.42. The number of hydrogen-bond acceptors (Lipinski definition) is 4. The molecule has 3 heterocycles. The van der Waals surface area contributed by atoms with Crippen LogP contribution in [0.4, 0.5) is 13.2 Å². The zero-order valence-corrected chi connectivity index (χ0v) is 15.9. The standard InChI is InChI=1S/C20H17F3N6O/c1-28-19(26-27-20(28)30)9-2-3-29-17-8-15(24)11(6-16(17)25-18(29)4-9)10-5-13(22)14(23)7-12(10)21/h2-5,7,11,15H,6,8,24H2,1H3,(H,27,30). The summed E-state index contributed by atoms with van der Waals surface area (Å²) in [6, 6.07) is 4.57. The summed E-state index contributed by atoms with van der Waals surface area (Å²) in [5.74, 6) is -3.20. The average molecular weight is 414 g/mol. The van der Waals surface area contributed by atoms with Crippen LogP contribution in [0.1, 0.15) is 22.9 Å². The number of pyridine rings is 1. The summed E-state index contributed by atoms with van der Waals surface area (Å²) in [5.41, 5.74) is 8.98. The third-order valence-electron chi connectivity index (χ3n) is 5.74. The van der Waals surface area contributed by atoms with Gasteiger partial charge in [0.1, 0.15) is 11.5 Å². The molecule has 1 aromatic carbocycles. The Morgan fingerprint density at radius 3 is 2.63 bits per heavy atom. The highest BCUT2D eigenvalue weighted by atomic mass is 19.2. The van der Waals surface area contributed by atoms with E-state index in [1.165, 1.54) is 4.57 Å². The summed E-state index contributed by atoms with van der Waals surface area (Å²) < 4.78 is 44.6. The van der Waals surface area contributed by atoms with E-state index in [1.54, 1.807) is 13.1 Å². The first-order valence-electron chi connectivity index (χ1n) is 9.35. The van der Waals surface area contributed by atoms with E-state index in [0.29, 0.717) is 35.9 Å². The fourth-order valence-corrected chi connectivity index (χ4v) is 4.16. The Kier molecular flexibility index (Phi) is 4.07. The Labute approximate surface area is 168 Å². The minimum atomic E-state index is -1.23. The van der Waals surface area contributed by atoms with Gasteiger partial charge in [-0.2, -0.15) is 5.10 Å². The molecule has 5 rings (SSSR count). The SMILES string of the molecule is Cn1c(-c2ccn3c4c(nc3c2)CC(c2cc(F)c(F)cc2F)C(N)C4)n[nH]c1=O. The van der Waals surface area contributed by atoms with E-state index in [9.17, 15) is 18.0 Å². The van der Waals surface area contributed by atoms with E-state index < -0.39 is 29.4 Å². The molecule has 3 aromatic heterocycles. The van der Waals surface area contributed by atoms with E-state index in [2.05, 4.69) is 15.2 Å². The van der Waals surface area contributed by atoms with Crippen LogP contribution in [-0.4, -0.2) is 30.2 Å². The second kappa shape index (κ2) is 6.56. The van der Waals surface area contributed by atoms with E-state index in [1.807, 2.05) is 16.7 Å². The van der Waals surface area contributed by atoms with Gasteiger partial charge in [-0.1, -0.05) is 0 Å².